The lowest BCUT2D eigenvalue weighted by Gasteiger charge is -2.41. The smallest absolute Gasteiger partial charge is 0.143 e. The molecule has 1 heterocycles. The molecule has 0 aromatic carbocycles. The quantitative estimate of drug-likeness (QED) is 0.671. The molecular weight excluding hydrogens is 184 g/mol. The van der Waals surface area contributed by atoms with Gasteiger partial charge in [0.2, 0.25) is 0 Å². The number of rotatable bonds is 2. The van der Waals surface area contributed by atoms with E-state index in [1.54, 1.807) is 6.92 Å². The summed E-state index contributed by atoms with van der Waals surface area (Å²) in [6, 6.07) is 0.843. The number of hydrogen-bond donors (Lipinski definition) is 1. The maximum Gasteiger partial charge on any atom is 0.143 e. The van der Waals surface area contributed by atoms with Crippen molar-refractivity contribution in [2.75, 3.05) is 19.6 Å². The van der Waals surface area contributed by atoms with Crippen molar-refractivity contribution in [1.82, 2.24) is 9.21 Å². The minimum Gasteiger partial charge on any atom is -0.299 e. The van der Waals surface area contributed by atoms with E-state index >= 15 is 0 Å². The molecule has 0 N–H and O–H groups in total. The number of ketones is 1. The van der Waals surface area contributed by atoms with E-state index in [0.717, 1.165) is 13.1 Å². The van der Waals surface area contributed by atoms with E-state index in [2.05, 4.69) is 31.6 Å². The highest BCUT2D eigenvalue weighted by Crippen LogP contribution is 2.16. The second kappa shape index (κ2) is 4.44. The van der Waals surface area contributed by atoms with Gasteiger partial charge in [0.25, 0.3) is 0 Å². The topological polar surface area (TPSA) is 23.6 Å². The van der Waals surface area contributed by atoms with Gasteiger partial charge in [-0.1, -0.05) is 12.8 Å². The number of carbonyl (C=O) groups is 1. The molecular formula is C9H18N2OS. The van der Waals surface area contributed by atoms with Crippen LogP contribution in [0, 0.1) is 0 Å². The highest BCUT2D eigenvalue weighted by molar-refractivity contribution is 7.77. The number of thiol groups is 1. The highest BCUT2D eigenvalue weighted by Gasteiger charge is 2.28. The van der Waals surface area contributed by atoms with E-state index < -0.39 is 0 Å². The van der Waals surface area contributed by atoms with Crippen molar-refractivity contribution >= 4 is 18.6 Å². The Morgan fingerprint density at radius 2 is 1.85 bits per heavy atom. The molecule has 2 unspecified atom stereocenters. The fraction of sp³-hybridized carbons (Fsp3) is 0.889. The van der Waals surface area contributed by atoms with Crippen LogP contribution in [-0.2, 0) is 4.79 Å². The molecule has 0 bridgehead atoms. The van der Waals surface area contributed by atoms with Crippen molar-refractivity contribution in [3.63, 3.8) is 0 Å². The average molecular weight is 202 g/mol. The molecule has 1 aliphatic heterocycles. The van der Waals surface area contributed by atoms with Crippen molar-refractivity contribution in [1.29, 1.82) is 0 Å². The van der Waals surface area contributed by atoms with Gasteiger partial charge in [-0.15, -0.1) is 0 Å². The minimum absolute atomic E-state index is 0.242. The summed E-state index contributed by atoms with van der Waals surface area (Å²) in [5.74, 6) is 0.242. The standard InChI is InChI=1S/C9H18N2OS/c1-7-4-10(13)5-8(2)11(7)6-9(3)12/h7-8,13H,4-6H2,1-3H3. The normalized spacial score (nSPS) is 32.0. The van der Waals surface area contributed by atoms with Crippen LogP contribution >= 0.6 is 12.8 Å². The van der Waals surface area contributed by atoms with Crippen LogP contribution < -0.4 is 0 Å². The monoisotopic (exact) mass is 202 g/mol. The molecule has 1 saturated heterocycles. The van der Waals surface area contributed by atoms with Gasteiger partial charge < -0.3 is 0 Å². The van der Waals surface area contributed by atoms with Gasteiger partial charge in [0, 0.05) is 25.2 Å². The highest BCUT2D eigenvalue weighted by atomic mass is 32.1. The molecule has 0 aliphatic carbocycles. The molecule has 0 amide bonds. The second-order valence-electron chi connectivity index (χ2n) is 3.94. The van der Waals surface area contributed by atoms with Crippen LogP contribution in [0.5, 0.6) is 0 Å². The minimum atomic E-state index is 0.242. The van der Waals surface area contributed by atoms with Crippen LogP contribution in [0.2, 0.25) is 0 Å². The summed E-state index contributed by atoms with van der Waals surface area (Å²) in [5, 5.41) is 0. The third-order valence-corrected chi connectivity index (χ3v) is 2.81. The molecule has 2 atom stereocenters. The Balaban J connectivity index is 2.56. The van der Waals surface area contributed by atoms with Crippen molar-refractivity contribution in [3.8, 4) is 0 Å². The Labute approximate surface area is 85.6 Å². The van der Waals surface area contributed by atoms with E-state index in [4.69, 9.17) is 0 Å². The zero-order valence-electron chi connectivity index (χ0n) is 8.53. The Morgan fingerprint density at radius 1 is 1.38 bits per heavy atom. The number of carbonyl (C=O) groups excluding carboxylic acids is 1. The van der Waals surface area contributed by atoms with Crippen LogP contribution in [-0.4, -0.2) is 46.7 Å². The van der Waals surface area contributed by atoms with Crippen molar-refractivity contribution < 1.29 is 4.79 Å². The number of Topliss-reactive ketones (excluding diaryl/α,β-unsaturated/α-hetero) is 1. The van der Waals surface area contributed by atoms with E-state index in [1.165, 1.54) is 0 Å². The summed E-state index contributed by atoms with van der Waals surface area (Å²) in [6.07, 6.45) is 0. The van der Waals surface area contributed by atoms with Gasteiger partial charge >= 0.3 is 0 Å². The van der Waals surface area contributed by atoms with Crippen LogP contribution in [0.25, 0.3) is 0 Å². The fourth-order valence-corrected chi connectivity index (χ4v) is 2.37. The summed E-state index contributed by atoms with van der Waals surface area (Å²) in [7, 11) is 0. The number of piperazine rings is 1. The Kier molecular flexibility index (Phi) is 3.76. The maximum absolute atomic E-state index is 11.0. The van der Waals surface area contributed by atoms with Gasteiger partial charge in [-0.3, -0.25) is 14.0 Å². The summed E-state index contributed by atoms with van der Waals surface area (Å²) in [6.45, 7) is 8.36. The fourth-order valence-electron chi connectivity index (χ4n) is 1.90. The molecule has 1 fully saturated rings. The van der Waals surface area contributed by atoms with E-state index in [9.17, 15) is 4.79 Å². The molecule has 0 aromatic heterocycles. The van der Waals surface area contributed by atoms with E-state index in [-0.39, 0.29) is 5.78 Å². The molecule has 3 nitrogen and oxygen atoms in total. The lowest BCUT2D eigenvalue weighted by Crippen LogP contribution is -2.55. The molecule has 1 rings (SSSR count). The first-order chi connectivity index (χ1) is 6.00. The zero-order valence-corrected chi connectivity index (χ0v) is 9.42. The lowest BCUT2D eigenvalue weighted by atomic mass is 10.1. The molecule has 0 radical (unpaired) electrons. The van der Waals surface area contributed by atoms with E-state index in [1.807, 2.05) is 4.31 Å². The maximum atomic E-state index is 11.0. The van der Waals surface area contributed by atoms with Gasteiger partial charge in [0.1, 0.15) is 5.78 Å². The van der Waals surface area contributed by atoms with Gasteiger partial charge in [0.15, 0.2) is 0 Å². The average Bonchev–Trinajstić information content (AvgIpc) is 1.96. The number of nitrogens with zero attached hydrogens (tertiary/aromatic N) is 2. The number of hydrogen-bond acceptors (Lipinski definition) is 4. The van der Waals surface area contributed by atoms with Crippen molar-refractivity contribution in [2.45, 2.75) is 32.9 Å². The molecule has 13 heavy (non-hydrogen) atoms. The zero-order chi connectivity index (χ0) is 10.0. The van der Waals surface area contributed by atoms with Gasteiger partial charge in [0.05, 0.1) is 6.54 Å². The Bertz CT molecular complexity index is 186. The van der Waals surface area contributed by atoms with Crippen molar-refractivity contribution in [3.05, 3.63) is 0 Å². The van der Waals surface area contributed by atoms with Crippen LogP contribution in [0.3, 0.4) is 0 Å². The summed E-state index contributed by atoms with van der Waals surface area (Å²) in [5.41, 5.74) is 0. The summed E-state index contributed by atoms with van der Waals surface area (Å²) < 4.78 is 2.02. The predicted molar refractivity (Wildman–Crippen MR) is 56.9 cm³/mol. The third-order valence-electron chi connectivity index (χ3n) is 2.49. The van der Waals surface area contributed by atoms with Crippen LogP contribution in [0.4, 0.5) is 0 Å². The molecule has 0 saturated carbocycles. The van der Waals surface area contributed by atoms with Crippen molar-refractivity contribution in [2.24, 2.45) is 0 Å². The first-order valence-corrected chi connectivity index (χ1v) is 5.09. The SMILES string of the molecule is CC(=O)CN1C(C)CN(S)CC1C. The molecule has 4 heteroatoms. The predicted octanol–water partition coefficient (Wildman–Crippen LogP) is 0.815. The first-order valence-electron chi connectivity index (χ1n) is 4.69. The molecule has 76 valence electrons. The summed E-state index contributed by atoms with van der Waals surface area (Å²) >= 11 is 4.33. The largest absolute Gasteiger partial charge is 0.299 e. The molecule has 0 aromatic rings. The third kappa shape index (κ3) is 2.97. The second-order valence-corrected chi connectivity index (χ2v) is 4.51. The van der Waals surface area contributed by atoms with Gasteiger partial charge in [-0.2, -0.15) is 0 Å². The van der Waals surface area contributed by atoms with Crippen LogP contribution in [0.15, 0.2) is 0 Å². The first kappa shape index (κ1) is 11.0. The van der Waals surface area contributed by atoms with Crippen LogP contribution in [0.1, 0.15) is 20.8 Å². The Morgan fingerprint density at radius 3 is 2.23 bits per heavy atom. The Hall–Kier alpha value is -0.0600. The molecule has 0 spiro atoms. The van der Waals surface area contributed by atoms with E-state index in [0.29, 0.717) is 18.6 Å². The van der Waals surface area contributed by atoms with Gasteiger partial charge in [-0.05, 0) is 20.8 Å². The van der Waals surface area contributed by atoms with Gasteiger partial charge in [-0.25, -0.2) is 0 Å². The lowest BCUT2D eigenvalue weighted by molar-refractivity contribution is -0.119. The molecule has 1 aliphatic rings. The summed E-state index contributed by atoms with van der Waals surface area (Å²) in [4.78, 5) is 13.3.